The molecule has 3 heteroatoms. The first-order chi connectivity index (χ1) is 7.18. The van der Waals surface area contributed by atoms with Crippen LogP contribution in [0.5, 0.6) is 0 Å². The number of aryl methyl sites for hydroxylation is 1. The van der Waals surface area contributed by atoms with Crippen LogP contribution in [-0.2, 0) is 0 Å². The van der Waals surface area contributed by atoms with Crippen molar-refractivity contribution in [2.75, 3.05) is 6.54 Å². The molecule has 1 saturated heterocycles. The van der Waals surface area contributed by atoms with Gasteiger partial charge in [0.2, 0.25) is 0 Å². The van der Waals surface area contributed by atoms with Gasteiger partial charge in [-0.15, -0.1) is 0 Å². The molecule has 0 amide bonds. The van der Waals surface area contributed by atoms with E-state index in [0.717, 1.165) is 35.0 Å². The summed E-state index contributed by atoms with van der Waals surface area (Å²) in [4.78, 5) is 0. The molecule has 0 aliphatic carbocycles. The first kappa shape index (κ1) is 11.1. The highest BCUT2D eigenvalue weighted by Crippen LogP contribution is 2.27. The van der Waals surface area contributed by atoms with E-state index in [1.165, 1.54) is 0 Å². The fourth-order valence-electron chi connectivity index (χ4n) is 2.13. The second-order valence-electron chi connectivity index (χ2n) is 4.15. The number of hydrogen-bond donors (Lipinski definition) is 2. The van der Waals surface area contributed by atoms with E-state index in [1.54, 1.807) is 0 Å². The van der Waals surface area contributed by atoms with Crippen LogP contribution in [0, 0.1) is 6.92 Å². The van der Waals surface area contributed by atoms with Crippen molar-refractivity contribution in [2.45, 2.75) is 31.9 Å². The third kappa shape index (κ3) is 2.41. The summed E-state index contributed by atoms with van der Waals surface area (Å²) in [6.45, 7) is 3.06. The Morgan fingerprint density at radius 2 is 2.33 bits per heavy atom. The summed E-state index contributed by atoms with van der Waals surface area (Å²) >= 11 is 3.44. The van der Waals surface area contributed by atoms with Crippen molar-refractivity contribution in [1.82, 2.24) is 5.32 Å². The molecular weight excluding hydrogens is 254 g/mol. The summed E-state index contributed by atoms with van der Waals surface area (Å²) in [6.07, 6.45) is 1.84. The summed E-state index contributed by atoms with van der Waals surface area (Å²) in [5.74, 6) is 0. The van der Waals surface area contributed by atoms with Crippen LogP contribution in [0.3, 0.4) is 0 Å². The summed E-state index contributed by atoms with van der Waals surface area (Å²) in [6, 6.07) is 6.28. The lowest BCUT2D eigenvalue weighted by Gasteiger charge is -2.20. The Bertz CT molecular complexity index is 347. The van der Waals surface area contributed by atoms with E-state index < -0.39 is 0 Å². The zero-order chi connectivity index (χ0) is 10.8. The van der Waals surface area contributed by atoms with Crippen LogP contribution in [0.15, 0.2) is 22.7 Å². The van der Waals surface area contributed by atoms with Gasteiger partial charge in [-0.05, 0) is 49.6 Å². The molecule has 15 heavy (non-hydrogen) atoms. The predicted molar refractivity (Wildman–Crippen MR) is 64.9 cm³/mol. The molecule has 2 nitrogen and oxygen atoms in total. The minimum atomic E-state index is -0.384. The maximum atomic E-state index is 10.2. The van der Waals surface area contributed by atoms with Gasteiger partial charge < -0.3 is 10.4 Å². The van der Waals surface area contributed by atoms with Gasteiger partial charge in [0.15, 0.2) is 0 Å². The van der Waals surface area contributed by atoms with Crippen molar-refractivity contribution in [1.29, 1.82) is 0 Å². The average molecular weight is 270 g/mol. The molecular formula is C12H16BrNO. The van der Waals surface area contributed by atoms with Gasteiger partial charge in [0.25, 0.3) is 0 Å². The second kappa shape index (κ2) is 4.64. The van der Waals surface area contributed by atoms with Crippen LogP contribution in [0.2, 0.25) is 0 Å². The molecule has 1 aliphatic rings. The number of aliphatic hydroxyl groups is 1. The molecule has 2 N–H and O–H groups in total. The molecule has 1 aromatic rings. The first-order valence-corrected chi connectivity index (χ1v) is 6.15. The highest BCUT2D eigenvalue weighted by Gasteiger charge is 2.24. The number of benzene rings is 1. The van der Waals surface area contributed by atoms with Crippen molar-refractivity contribution in [3.8, 4) is 0 Å². The van der Waals surface area contributed by atoms with Crippen molar-refractivity contribution >= 4 is 15.9 Å². The van der Waals surface area contributed by atoms with Crippen molar-refractivity contribution in [3.05, 3.63) is 33.8 Å². The Kier molecular flexibility index (Phi) is 3.44. The highest BCUT2D eigenvalue weighted by molar-refractivity contribution is 9.10. The smallest absolute Gasteiger partial charge is 0.0945 e. The second-order valence-corrected chi connectivity index (χ2v) is 5.06. The SMILES string of the molecule is Cc1ccc(Br)cc1C(O)C1CCCN1. The number of rotatable bonds is 2. The van der Waals surface area contributed by atoms with Gasteiger partial charge in [0, 0.05) is 10.5 Å². The zero-order valence-electron chi connectivity index (χ0n) is 8.83. The van der Waals surface area contributed by atoms with Crippen LogP contribution in [0.4, 0.5) is 0 Å². The Labute approximate surface area is 98.8 Å². The predicted octanol–water partition coefficient (Wildman–Crippen LogP) is 2.54. The number of nitrogens with one attached hydrogen (secondary N) is 1. The summed E-state index contributed by atoms with van der Waals surface area (Å²) in [5.41, 5.74) is 2.18. The molecule has 1 heterocycles. The Balaban J connectivity index is 2.23. The maximum absolute atomic E-state index is 10.2. The van der Waals surface area contributed by atoms with Gasteiger partial charge in [-0.3, -0.25) is 0 Å². The Hall–Kier alpha value is -0.380. The molecule has 2 atom stereocenters. The van der Waals surface area contributed by atoms with Crippen molar-refractivity contribution < 1.29 is 5.11 Å². The lowest BCUT2D eigenvalue weighted by atomic mass is 9.97. The van der Waals surface area contributed by atoms with Gasteiger partial charge in [-0.2, -0.15) is 0 Å². The van der Waals surface area contributed by atoms with E-state index in [0.29, 0.717) is 0 Å². The zero-order valence-corrected chi connectivity index (χ0v) is 10.4. The van der Waals surface area contributed by atoms with E-state index in [2.05, 4.69) is 21.2 Å². The molecule has 1 aromatic carbocycles. The monoisotopic (exact) mass is 269 g/mol. The van der Waals surface area contributed by atoms with E-state index in [4.69, 9.17) is 0 Å². The number of hydrogen-bond acceptors (Lipinski definition) is 2. The van der Waals surface area contributed by atoms with E-state index >= 15 is 0 Å². The summed E-state index contributed by atoms with van der Waals surface area (Å²) < 4.78 is 1.03. The quantitative estimate of drug-likeness (QED) is 0.865. The molecule has 82 valence electrons. The van der Waals surface area contributed by atoms with Gasteiger partial charge in [-0.25, -0.2) is 0 Å². The van der Waals surface area contributed by atoms with E-state index in [9.17, 15) is 5.11 Å². The number of halogens is 1. The fourth-order valence-corrected chi connectivity index (χ4v) is 2.51. The Morgan fingerprint density at radius 3 is 3.00 bits per heavy atom. The molecule has 0 radical (unpaired) electrons. The lowest BCUT2D eigenvalue weighted by Crippen LogP contribution is -2.29. The standard InChI is InChI=1S/C12H16BrNO/c1-8-4-5-9(13)7-10(8)12(15)11-3-2-6-14-11/h4-5,7,11-12,14-15H,2-3,6H2,1H3. The van der Waals surface area contributed by atoms with Crippen LogP contribution in [0.25, 0.3) is 0 Å². The van der Waals surface area contributed by atoms with Crippen molar-refractivity contribution in [2.24, 2.45) is 0 Å². The molecule has 2 unspecified atom stereocenters. The molecule has 0 spiro atoms. The molecule has 0 bridgehead atoms. The van der Waals surface area contributed by atoms with E-state index in [-0.39, 0.29) is 12.1 Å². The van der Waals surface area contributed by atoms with Crippen LogP contribution >= 0.6 is 15.9 Å². The minimum Gasteiger partial charge on any atom is -0.387 e. The maximum Gasteiger partial charge on any atom is 0.0945 e. The van der Waals surface area contributed by atoms with Crippen LogP contribution in [-0.4, -0.2) is 17.7 Å². The normalized spacial score (nSPS) is 23.0. The lowest BCUT2D eigenvalue weighted by molar-refractivity contribution is 0.137. The van der Waals surface area contributed by atoms with E-state index in [1.807, 2.05) is 25.1 Å². The number of aliphatic hydroxyl groups excluding tert-OH is 1. The summed E-state index contributed by atoms with van der Waals surface area (Å²) in [7, 11) is 0. The fraction of sp³-hybridized carbons (Fsp3) is 0.500. The Morgan fingerprint density at radius 1 is 1.53 bits per heavy atom. The molecule has 2 rings (SSSR count). The highest BCUT2D eigenvalue weighted by atomic mass is 79.9. The molecule has 1 fully saturated rings. The third-order valence-electron chi connectivity index (χ3n) is 3.04. The van der Waals surface area contributed by atoms with Gasteiger partial charge in [0.05, 0.1) is 6.10 Å². The van der Waals surface area contributed by atoms with Crippen LogP contribution in [0.1, 0.15) is 30.1 Å². The van der Waals surface area contributed by atoms with Gasteiger partial charge >= 0.3 is 0 Å². The minimum absolute atomic E-state index is 0.220. The first-order valence-electron chi connectivity index (χ1n) is 5.36. The van der Waals surface area contributed by atoms with Crippen LogP contribution < -0.4 is 5.32 Å². The third-order valence-corrected chi connectivity index (χ3v) is 3.53. The molecule has 1 aliphatic heterocycles. The van der Waals surface area contributed by atoms with Crippen molar-refractivity contribution in [3.63, 3.8) is 0 Å². The molecule has 0 saturated carbocycles. The molecule has 0 aromatic heterocycles. The summed E-state index contributed by atoms with van der Waals surface area (Å²) in [5, 5.41) is 13.6. The largest absolute Gasteiger partial charge is 0.387 e. The van der Waals surface area contributed by atoms with Gasteiger partial charge in [0.1, 0.15) is 0 Å². The average Bonchev–Trinajstić information content (AvgIpc) is 2.74. The topological polar surface area (TPSA) is 32.3 Å². The van der Waals surface area contributed by atoms with Gasteiger partial charge in [-0.1, -0.05) is 22.0 Å².